The van der Waals surface area contributed by atoms with Crippen LogP contribution in [-0.2, 0) is 9.53 Å². The second-order valence-electron chi connectivity index (χ2n) is 1.26. The van der Waals surface area contributed by atoms with E-state index in [-0.39, 0.29) is 13.0 Å². The quantitative estimate of drug-likeness (QED) is 0.333. The van der Waals surface area contributed by atoms with Crippen molar-refractivity contribution < 1.29 is 9.53 Å². The summed E-state index contributed by atoms with van der Waals surface area (Å²) < 4.78 is 4.48. The molecule has 0 atom stereocenters. The summed E-state index contributed by atoms with van der Waals surface area (Å²) in [6.45, 7) is 0.210. The molecule has 0 aliphatic heterocycles. The van der Waals surface area contributed by atoms with Crippen molar-refractivity contribution in [2.24, 2.45) is 0 Å². The van der Waals surface area contributed by atoms with Gasteiger partial charge in [0, 0.05) is 0 Å². The molecular weight excluding hydrogens is 140 g/mol. The standard InChI is InChI=1S/C6H6ClO2/c1-2-3-6(8)9-5-4-7/h3-5H2. The molecule has 0 heterocycles. The SMILES string of the molecule is [C]#CCC(=O)OCCCl. The van der Waals surface area contributed by atoms with E-state index in [9.17, 15) is 4.79 Å². The first-order chi connectivity index (χ1) is 4.31. The molecule has 0 rings (SSSR count). The molecule has 2 nitrogen and oxygen atoms in total. The van der Waals surface area contributed by atoms with Crippen molar-refractivity contribution in [1.82, 2.24) is 0 Å². The van der Waals surface area contributed by atoms with Crippen LogP contribution in [0.15, 0.2) is 0 Å². The normalized spacial score (nSPS) is 8.00. The minimum Gasteiger partial charge on any atom is -0.464 e. The van der Waals surface area contributed by atoms with Crippen molar-refractivity contribution in [3.8, 4) is 5.92 Å². The van der Waals surface area contributed by atoms with Gasteiger partial charge in [0.25, 0.3) is 0 Å². The average Bonchev–Trinajstić information content (AvgIpc) is 1.85. The Morgan fingerprint density at radius 2 is 2.44 bits per heavy atom. The summed E-state index contributed by atoms with van der Waals surface area (Å²) in [4.78, 5) is 10.3. The smallest absolute Gasteiger partial charge is 0.318 e. The van der Waals surface area contributed by atoms with Gasteiger partial charge in [0.2, 0.25) is 0 Å². The highest BCUT2D eigenvalue weighted by Crippen LogP contribution is 1.84. The van der Waals surface area contributed by atoms with Crippen LogP contribution in [-0.4, -0.2) is 18.5 Å². The van der Waals surface area contributed by atoms with Crippen LogP contribution in [0.5, 0.6) is 0 Å². The van der Waals surface area contributed by atoms with Crippen molar-refractivity contribution in [3.63, 3.8) is 0 Å². The van der Waals surface area contributed by atoms with Gasteiger partial charge in [0.05, 0.1) is 5.88 Å². The summed E-state index contributed by atoms with van der Waals surface area (Å²) in [5.41, 5.74) is 0. The maximum Gasteiger partial charge on any atom is 0.318 e. The number of halogens is 1. The lowest BCUT2D eigenvalue weighted by Crippen LogP contribution is -2.04. The summed E-state index contributed by atoms with van der Waals surface area (Å²) >= 11 is 5.20. The summed E-state index contributed by atoms with van der Waals surface area (Å²) in [5.74, 6) is 1.75. The lowest BCUT2D eigenvalue weighted by molar-refractivity contribution is -0.141. The molecule has 1 radical (unpaired) electrons. The molecule has 0 amide bonds. The van der Waals surface area contributed by atoms with Gasteiger partial charge in [-0.1, -0.05) is 5.92 Å². The van der Waals surface area contributed by atoms with Crippen molar-refractivity contribution in [1.29, 1.82) is 0 Å². The van der Waals surface area contributed by atoms with E-state index in [2.05, 4.69) is 4.74 Å². The Hall–Kier alpha value is -0.680. The van der Waals surface area contributed by atoms with Crippen molar-refractivity contribution in [2.75, 3.05) is 12.5 Å². The Labute approximate surface area is 59.1 Å². The number of alkyl halides is 1. The first-order valence-electron chi connectivity index (χ1n) is 2.42. The molecule has 49 valence electrons. The number of esters is 1. The van der Waals surface area contributed by atoms with E-state index >= 15 is 0 Å². The number of ether oxygens (including phenoxy) is 1. The minimum absolute atomic E-state index is 0.0864. The predicted octanol–water partition coefficient (Wildman–Crippen LogP) is 0.748. The van der Waals surface area contributed by atoms with Crippen LogP contribution in [0.2, 0.25) is 0 Å². The van der Waals surface area contributed by atoms with Crippen molar-refractivity contribution in [2.45, 2.75) is 6.42 Å². The van der Waals surface area contributed by atoms with Crippen LogP contribution in [0.25, 0.3) is 0 Å². The lowest BCUT2D eigenvalue weighted by Gasteiger charge is -1.95. The first-order valence-corrected chi connectivity index (χ1v) is 2.96. The van der Waals surface area contributed by atoms with Gasteiger partial charge in [-0.15, -0.1) is 11.6 Å². The van der Waals surface area contributed by atoms with Gasteiger partial charge in [-0.3, -0.25) is 4.79 Å². The number of rotatable bonds is 3. The summed E-state index contributed by atoms with van der Waals surface area (Å²) in [6.07, 6.45) is 6.30. The minimum atomic E-state index is -0.453. The molecule has 0 aliphatic rings. The molecule has 0 aromatic rings. The molecule has 0 aliphatic carbocycles. The second-order valence-corrected chi connectivity index (χ2v) is 1.64. The molecule has 0 spiro atoms. The van der Waals surface area contributed by atoms with Gasteiger partial charge in [0.15, 0.2) is 0 Å². The third kappa shape index (κ3) is 5.19. The van der Waals surface area contributed by atoms with E-state index in [1.807, 2.05) is 5.92 Å². The number of hydrogen-bond acceptors (Lipinski definition) is 2. The number of carbonyl (C=O) groups is 1. The fourth-order valence-corrected chi connectivity index (χ4v) is 0.353. The second kappa shape index (κ2) is 5.46. The lowest BCUT2D eigenvalue weighted by atomic mass is 10.5. The first kappa shape index (κ1) is 8.32. The third-order valence-corrected chi connectivity index (χ3v) is 0.727. The van der Waals surface area contributed by atoms with E-state index in [0.29, 0.717) is 5.88 Å². The van der Waals surface area contributed by atoms with E-state index in [1.165, 1.54) is 0 Å². The molecule has 0 N–H and O–H groups in total. The van der Waals surface area contributed by atoms with Gasteiger partial charge >= 0.3 is 5.97 Å². The van der Waals surface area contributed by atoms with Gasteiger partial charge in [-0.25, -0.2) is 0 Å². The maximum absolute atomic E-state index is 10.3. The van der Waals surface area contributed by atoms with Crippen LogP contribution >= 0.6 is 11.6 Å². The highest BCUT2D eigenvalue weighted by molar-refractivity contribution is 6.18. The molecule has 0 unspecified atom stereocenters. The molecule has 3 heteroatoms. The zero-order valence-electron chi connectivity index (χ0n) is 4.82. The number of hydrogen-bond donors (Lipinski definition) is 0. The Morgan fingerprint density at radius 3 is 2.89 bits per heavy atom. The van der Waals surface area contributed by atoms with Crippen LogP contribution in [0.4, 0.5) is 0 Å². The summed E-state index contributed by atoms with van der Waals surface area (Å²) in [7, 11) is 0. The molecule has 0 aromatic heterocycles. The molecule has 0 aromatic carbocycles. The van der Waals surface area contributed by atoms with Crippen LogP contribution < -0.4 is 0 Å². The Bertz CT molecular complexity index is 126. The van der Waals surface area contributed by atoms with E-state index in [0.717, 1.165) is 0 Å². The molecule has 0 fully saturated rings. The fraction of sp³-hybridized carbons (Fsp3) is 0.500. The van der Waals surface area contributed by atoms with E-state index < -0.39 is 5.97 Å². The molecule has 9 heavy (non-hydrogen) atoms. The highest BCUT2D eigenvalue weighted by atomic mass is 35.5. The summed E-state index contributed by atoms with van der Waals surface area (Å²) in [6, 6.07) is 0. The van der Waals surface area contributed by atoms with Gasteiger partial charge in [-0.2, -0.15) is 0 Å². The average molecular weight is 146 g/mol. The molecule has 0 saturated carbocycles. The molecule has 0 saturated heterocycles. The van der Waals surface area contributed by atoms with Crippen LogP contribution in [0.1, 0.15) is 6.42 Å². The fourth-order valence-electron chi connectivity index (χ4n) is 0.276. The summed E-state index contributed by atoms with van der Waals surface area (Å²) in [5, 5.41) is 0. The zero-order valence-corrected chi connectivity index (χ0v) is 5.57. The Morgan fingerprint density at radius 1 is 1.78 bits per heavy atom. The van der Waals surface area contributed by atoms with Crippen LogP contribution in [0, 0.1) is 12.3 Å². The van der Waals surface area contributed by atoms with E-state index in [4.69, 9.17) is 18.0 Å². The Balaban J connectivity index is 3.19. The van der Waals surface area contributed by atoms with Crippen LogP contribution in [0.3, 0.4) is 0 Å². The number of carbonyl (C=O) groups excluding carboxylic acids is 1. The van der Waals surface area contributed by atoms with Gasteiger partial charge < -0.3 is 4.74 Å². The largest absolute Gasteiger partial charge is 0.464 e. The monoisotopic (exact) mass is 145 g/mol. The van der Waals surface area contributed by atoms with E-state index in [1.54, 1.807) is 0 Å². The topological polar surface area (TPSA) is 26.3 Å². The van der Waals surface area contributed by atoms with Crippen molar-refractivity contribution >= 4 is 17.6 Å². The molecular formula is C6H6ClO2. The maximum atomic E-state index is 10.3. The zero-order chi connectivity index (χ0) is 7.11. The highest BCUT2D eigenvalue weighted by Gasteiger charge is 1.96. The molecule has 0 bridgehead atoms. The third-order valence-electron chi connectivity index (χ3n) is 0.573. The van der Waals surface area contributed by atoms with Gasteiger partial charge in [-0.05, 0) is 6.42 Å². The predicted molar refractivity (Wildman–Crippen MR) is 33.4 cm³/mol. The Kier molecular flexibility index (Phi) is 5.04. The van der Waals surface area contributed by atoms with Gasteiger partial charge in [0.1, 0.15) is 13.0 Å². The van der Waals surface area contributed by atoms with Crippen molar-refractivity contribution in [3.05, 3.63) is 6.42 Å².